The molecule has 110 valence electrons. The maximum atomic E-state index is 11.7. The number of hydrogen-bond donors (Lipinski definition) is 2. The summed E-state index contributed by atoms with van der Waals surface area (Å²) in [5.41, 5.74) is 5.84. The first kappa shape index (κ1) is 14.8. The second-order valence-corrected chi connectivity index (χ2v) is 5.74. The Balaban J connectivity index is 1.49. The molecule has 0 aromatic rings. The van der Waals surface area contributed by atoms with Crippen molar-refractivity contribution in [1.82, 2.24) is 10.2 Å². The van der Waals surface area contributed by atoms with Gasteiger partial charge in [0.15, 0.2) is 0 Å². The number of rotatable bonds is 6. The number of likely N-dealkylation sites (tertiary alicyclic amines) is 1. The second-order valence-electron chi connectivity index (χ2n) is 5.74. The van der Waals surface area contributed by atoms with Crippen LogP contribution in [0.15, 0.2) is 0 Å². The first-order valence-electron chi connectivity index (χ1n) is 7.60. The summed E-state index contributed by atoms with van der Waals surface area (Å²) in [6.07, 6.45) is 7.36. The van der Waals surface area contributed by atoms with E-state index in [1.165, 1.54) is 25.7 Å². The molecule has 0 bridgehead atoms. The molecule has 1 amide bonds. The average Bonchev–Trinajstić information content (AvgIpc) is 2.91. The second kappa shape index (κ2) is 7.82. The minimum Gasteiger partial charge on any atom is -0.376 e. The molecule has 0 atom stereocenters. The Bertz CT molecular complexity index is 272. The summed E-state index contributed by atoms with van der Waals surface area (Å²) in [6.45, 7) is 3.64. The number of nitrogens with one attached hydrogen (secondary N) is 1. The van der Waals surface area contributed by atoms with Crippen molar-refractivity contribution in [2.24, 2.45) is 5.73 Å². The van der Waals surface area contributed by atoms with Gasteiger partial charge in [0.25, 0.3) is 0 Å². The van der Waals surface area contributed by atoms with E-state index in [0.29, 0.717) is 31.8 Å². The fraction of sp³-hybridized carbons (Fsp3) is 0.929. The lowest BCUT2D eigenvalue weighted by molar-refractivity contribution is -0.122. The summed E-state index contributed by atoms with van der Waals surface area (Å²) in [4.78, 5) is 13.9. The lowest BCUT2D eigenvalue weighted by Gasteiger charge is -2.29. The van der Waals surface area contributed by atoms with Gasteiger partial charge in [-0.05, 0) is 25.7 Å². The van der Waals surface area contributed by atoms with Crippen LogP contribution in [0.5, 0.6) is 0 Å². The third-order valence-corrected chi connectivity index (χ3v) is 4.08. The van der Waals surface area contributed by atoms with Gasteiger partial charge in [-0.2, -0.15) is 0 Å². The van der Waals surface area contributed by atoms with Gasteiger partial charge in [-0.1, -0.05) is 12.8 Å². The fourth-order valence-electron chi connectivity index (χ4n) is 2.84. The maximum absolute atomic E-state index is 11.7. The number of carbonyl (C=O) groups excluding carboxylic acids is 1. The summed E-state index contributed by atoms with van der Waals surface area (Å²) < 4.78 is 5.71. The minimum absolute atomic E-state index is 0.102. The Kier molecular flexibility index (Phi) is 6.07. The average molecular weight is 269 g/mol. The molecule has 0 aromatic carbocycles. The molecule has 5 nitrogen and oxygen atoms in total. The van der Waals surface area contributed by atoms with Crippen molar-refractivity contribution in [2.75, 3.05) is 32.8 Å². The van der Waals surface area contributed by atoms with Crippen LogP contribution in [-0.2, 0) is 9.53 Å². The van der Waals surface area contributed by atoms with Gasteiger partial charge in [-0.15, -0.1) is 0 Å². The molecule has 5 heteroatoms. The Morgan fingerprint density at radius 2 is 1.89 bits per heavy atom. The number of nitrogens with two attached hydrogens (primary N) is 1. The molecule has 2 rings (SSSR count). The summed E-state index contributed by atoms with van der Waals surface area (Å²) >= 11 is 0. The minimum atomic E-state index is 0.102. The van der Waals surface area contributed by atoms with Gasteiger partial charge in [-0.3, -0.25) is 9.69 Å². The standard InChI is InChI=1S/C14H27N3O2/c15-12-5-8-17(9-6-12)11-14(18)16-7-10-19-13-3-1-2-4-13/h12-13H,1-11,15H2,(H,16,18). The molecule has 0 unspecified atom stereocenters. The zero-order valence-corrected chi connectivity index (χ0v) is 11.8. The highest BCUT2D eigenvalue weighted by Crippen LogP contribution is 2.20. The fourth-order valence-corrected chi connectivity index (χ4v) is 2.84. The molecule has 0 radical (unpaired) electrons. The zero-order valence-electron chi connectivity index (χ0n) is 11.8. The highest BCUT2D eigenvalue weighted by Gasteiger charge is 2.18. The molecule has 1 heterocycles. The van der Waals surface area contributed by atoms with Crippen molar-refractivity contribution in [1.29, 1.82) is 0 Å². The predicted molar refractivity (Wildman–Crippen MR) is 74.9 cm³/mol. The lowest BCUT2D eigenvalue weighted by Crippen LogP contribution is -2.45. The Labute approximate surface area is 115 Å². The topological polar surface area (TPSA) is 67.6 Å². The highest BCUT2D eigenvalue weighted by molar-refractivity contribution is 5.77. The van der Waals surface area contributed by atoms with E-state index in [0.717, 1.165) is 25.9 Å². The van der Waals surface area contributed by atoms with E-state index in [1.807, 2.05) is 0 Å². The Morgan fingerprint density at radius 1 is 1.21 bits per heavy atom. The normalized spacial score (nSPS) is 22.8. The Hall–Kier alpha value is -0.650. The SMILES string of the molecule is NC1CCN(CC(=O)NCCOC2CCCC2)CC1. The summed E-state index contributed by atoms with van der Waals surface area (Å²) in [5.74, 6) is 0.102. The van der Waals surface area contributed by atoms with E-state index in [2.05, 4.69) is 10.2 Å². The molecule has 2 fully saturated rings. The first-order valence-corrected chi connectivity index (χ1v) is 7.60. The van der Waals surface area contributed by atoms with Crippen molar-refractivity contribution in [3.63, 3.8) is 0 Å². The molecule has 1 aliphatic heterocycles. The predicted octanol–water partition coefficient (Wildman–Crippen LogP) is 0.485. The van der Waals surface area contributed by atoms with Crippen LogP contribution in [0.25, 0.3) is 0 Å². The van der Waals surface area contributed by atoms with Gasteiger partial charge in [0, 0.05) is 25.7 Å². The summed E-state index contributed by atoms with van der Waals surface area (Å²) in [5, 5.41) is 2.93. The van der Waals surface area contributed by atoms with Gasteiger partial charge in [0.1, 0.15) is 0 Å². The number of amides is 1. The monoisotopic (exact) mass is 269 g/mol. The van der Waals surface area contributed by atoms with E-state index in [9.17, 15) is 4.79 Å². The van der Waals surface area contributed by atoms with Gasteiger partial charge in [0.2, 0.25) is 5.91 Å². The van der Waals surface area contributed by atoms with Crippen LogP contribution in [0.1, 0.15) is 38.5 Å². The van der Waals surface area contributed by atoms with Crippen LogP contribution >= 0.6 is 0 Å². The third kappa shape index (κ3) is 5.47. The first-order chi connectivity index (χ1) is 9.24. The van der Waals surface area contributed by atoms with Crippen molar-refractivity contribution >= 4 is 5.91 Å². The molecular formula is C14H27N3O2. The molecule has 3 N–H and O–H groups in total. The van der Waals surface area contributed by atoms with Crippen molar-refractivity contribution in [2.45, 2.75) is 50.7 Å². The van der Waals surface area contributed by atoms with Crippen molar-refractivity contribution in [3.8, 4) is 0 Å². The number of hydrogen-bond acceptors (Lipinski definition) is 4. The number of ether oxygens (including phenoxy) is 1. The highest BCUT2D eigenvalue weighted by atomic mass is 16.5. The third-order valence-electron chi connectivity index (χ3n) is 4.08. The van der Waals surface area contributed by atoms with Gasteiger partial charge in [-0.25, -0.2) is 0 Å². The van der Waals surface area contributed by atoms with Crippen molar-refractivity contribution < 1.29 is 9.53 Å². The van der Waals surface area contributed by atoms with Gasteiger partial charge < -0.3 is 15.8 Å². The molecule has 2 aliphatic rings. The van der Waals surface area contributed by atoms with E-state index < -0.39 is 0 Å². The smallest absolute Gasteiger partial charge is 0.234 e. The summed E-state index contributed by atoms with van der Waals surface area (Å²) in [6, 6.07) is 0.319. The largest absolute Gasteiger partial charge is 0.376 e. The quantitative estimate of drug-likeness (QED) is 0.689. The van der Waals surface area contributed by atoms with Crippen LogP contribution < -0.4 is 11.1 Å². The van der Waals surface area contributed by atoms with E-state index in [4.69, 9.17) is 10.5 Å². The molecule has 19 heavy (non-hydrogen) atoms. The van der Waals surface area contributed by atoms with Crippen LogP contribution in [0.3, 0.4) is 0 Å². The van der Waals surface area contributed by atoms with Crippen LogP contribution in [0, 0.1) is 0 Å². The number of piperidine rings is 1. The molecule has 1 aliphatic carbocycles. The lowest BCUT2D eigenvalue weighted by atomic mass is 10.1. The molecular weight excluding hydrogens is 242 g/mol. The van der Waals surface area contributed by atoms with Gasteiger partial charge in [0.05, 0.1) is 19.3 Å². The van der Waals surface area contributed by atoms with E-state index in [-0.39, 0.29) is 5.91 Å². The number of carbonyl (C=O) groups is 1. The van der Waals surface area contributed by atoms with Crippen LogP contribution in [0.4, 0.5) is 0 Å². The van der Waals surface area contributed by atoms with Crippen LogP contribution in [-0.4, -0.2) is 55.7 Å². The van der Waals surface area contributed by atoms with Gasteiger partial charge >= 0.3 is 0 Å². The number of nitrogens with zero attached hydrogens (tertiary/aromatic N) is 1. The van der Waals surface area contributed by atoms with Crippen molar-refractivity contribution in [3.05, 3.63) is 0 Å². The zero-order chi connectivity index (χ0) is 13.5. The Morgan fingerprint density at radius 3 is 2.58 bits per heavy atom. The molecule has 1 saturated heterocycles. The van der Waals surface area contributed by atoms with Crippen LogP contribution in [0.2, 0.25) is 0 Å². The maximum Gasteiger partial charge on any atom is 0.234 e. The molecule has 1 saturated carbocycles. The van der Waals surface area contributed by atoms with E-state index >= 15 is 0 Å². The molecule has 0 aromatic heterocycles. The van der Waals surface area contributed by atoms with E-state index in [1.54, 1.807) is 0 Å². The summed E-state index contributed by atoms with van der Waals surface area (Å²) in [7, 11) is 0. The molecule has 0 spiro atoms.